The summed E-state index contributed by atoms with van der Waals surface area (Å²) in [5, 5.41) is 0. The van der Waals surface area contributed by atoms with Gasteiger partial charge in [-0.15, -0.1) is 0 Å². The fourth-order valence-electron chi connectivity index (χ4n) is 5.08. The van der Waals surface area contributed by atoms with Crippen molar-refractivity contribution < 1.29 is 0 Å². The monoisotopic (exact) mass is 264 g/mol. The van der Waals surface area contributed by atoms with Crippen molar-refractivity contribution in [3.05, 3.63) is 0 Å². The van der Waals surface area contributed by atoms with Crippen LogP contribution < -0.4 is 5.73 Å². The summed E-state index contributed by atoms with van der Waals surface area (Å²) in [6.45, 7) is 3.58. The van der Waals surface area contributed by atoms with Gasteiger partial charge in [-0.05, 0) is 62.9 Å². The summed E-state index contributed by atoms with van der Waals surface area (Å²) in [4.78, 5) is 2.86. The predicted molar refractivity (Wildman–Crippen MR) is 81.1 cm³/mol. The first-order chi connectivity index (χ1) is 9.33. The first-order valence-corrected chi connectivity index (χ1v) is 8.77. The van der Waals surface area contributed by atoms with E-state index < -0.39 is 0 Å². The van der Waals surface area contributed by atoms with Crippen molar-refractivity contribution in [1.29, 1.82) is 0 Å². The maximum Gasteiger partial charge on any atom is 0.0124 e. The quantitative estimate of drug-likeness (QED) is 0.841. The minimum atomic E-state index is 0.472. The summed E-state index contributed by atoms with van der Waals surface area (Å²) in [6.07, 6.45) is 15.9. The zero-order valence-corrected chi connectivity index (χ0v) is 12.6. The van der Waals surface area contributed by atoms with Gasteiger partial charge in [-0.2, -0.15) is 0 Å². The van der Waals surface area contributed by atoms with Crippen LogP contribution in [0.15, 0.2) is 0 Å². The molecular weight excluding hydrogens is 232 g/mol. The van der Waals surface area contributed by atoms with Gasteiger partial charge in [0.05, 0.1) is 0 Å². The molecular formula is C17H32N2. The Hall–Kier alpha value is -0.0800. The molecule has 2 heteroatoms. The van der Waals surface area contributed by atoms with E-state index >= 15 is 0 Å². The van der Waals surface area contributed by atoms with Gasteiger partial charge in [0.25, 0.3) is 0 Å². The average molecular weight is 264 g/mol. The van der Waals surface area contributed by atoms with Crippen LogP contribution in [0.4, 0.5) is 0 Å². The van der Waals surface area contributed by atoms with Crippen LogP contribution in [0, 0.1) is 11.3 Å². The van der Waals surface area contributed by atoms with Crippen LogP contribution in [0.2, 0.25) is 0 Å². The molecule has 3 rings (SSSR count). The Morgan fingerprint density at radius 2 is 1.63 bits per heavy atom. The zero-order valence-electron chi connectivity index (χ0n) is 12.6. The van der Waals surface area contributed by atoms with Crippen LogP contribution in [0.1, 0.15) is 70.6 Å². The lowest BCUT2D eigenvalue weighted by molar-refractivity contribution is 0.0843. The van der Waals surface area contributed by atoms with Gasteiger partial charge in [0.2, 0.25) is 0 Å². The van der Waals surface area contributed by atoms with Gasteiger partial charge in [0.15, 0.2) is 0 Å². The average Bonchev–Trinajstić information content (AvgIpc) is 3.10. The summed E-state index contributed by atoms with van der Waals surface area (Å²) < 4.78 is 0. The zero-order chi connectivity index (χ0) is 13.1. The van der Waals surface area contributed by atoms with E-state index in [2.05, 4.69) is 4.90 Å². The van der Waals surface area contributed by atoms with E-state index in [1.165, 1.54) is 83.7 Å². The van der Waals surface area contributed by atoms with Crippen LogP contribution in [0.25, 0.3) is 0 Å². The van der Waals surface area contributed by atoms with Crippen molar-refractivity contribution in [2.45, 2.75) is 76.7 Å². The Morgan fingerprint density at radius 1 is 0.895 bits per heavy atom. The maximum absolute atomic E-state index is 6.19. The summed E-state index contributed by atoms with van der Waals surface area (Å²) in [5.41, 5.74) is 6.66. The summed E-state index contributed by atoms with van der Waals surface area (Å²) in [5.74, 6) is 1.01. The van der Waals surface area contributed by atoms with Crippen molar-refractivity contribution in [2.75, 3.05) is 19.6 Å². The lowest BCUT2D eigenvalue weighted by atomic mass is 9.73. The molecule has 3 fully saturated rings. The molecule has 0 aromatic rings. The third-order valence-corrected chi connectivity index (χ3v) is 6.24. The molecule has 1 aliphatic heterocycles. The van der Waals surface area contributed by atoms with E-state index in [-0.39, 0.29) is 0 Å². The Morgan fingerprint density at radius 3 is 2.32 bits per heavy atom. The maximum atomic E-state index is 6.19. The topological polar surface area (TPSA) is 29.3 Å². The van der Waals surface area contributed by atoms with Crippen LogP contribution in [-0.2, 0) is 0 Å². The molecule has 0 bridgehead atoms. The van der Waals surface area contributed by atoms with Crippen LogP contribution >= 0.6 is 0 Å². The summed E-state index contributed by atoms with van der Waals surface area (Å²) >= 11 is 0. The SMILES string of the molecule is NCC1(CN2CCCC2C2CCCC2)CCCCC1. The number of likely N-dealkylation sites (tertiary alicyclic amines) is 1. The van der Waals surface area contributed by atoms with E-state index in [0.717, 1.165) is 18.5 Å². The van der Waals surface area contributed by atoms with Crippen molar-refractivity contribution in [3.63, 3.8) is 0 Å². The first kappa shape index (κ1) is 13.9. The molecule has 2 N–H and O–H groups in total. The minimum absolute atomic E-state index is 0.472. The fourth-order valence-corrected chi connectivity index (χ4v) is 5.08. The van der Waals surface area contributed by atoms with E-state index in [1.54, 1.807) is 0 Å². The molecule has 2 saturated carbocycles. The second-order valence-corrected chi connectivity index (χ2v) is 7.49. The molecule has 1 unspecified atom stereocenters. The molecule has 0 amide bonds. The van der Waals surface area contributed by atoms with Gasteiger partial charge in [-0.1, -0.05) is 32.1 Å². The highest BCUT2D eigenvalue weighted by atomic mass is 15.2. The van der Waals surface area contributed by atoms with E-state index in [1.807, 2.05) is 0 Å². The molecule has 1 atom stereocenters. The Kier molecular flexibility index (Phi) is 4.48. The summed E-state index contributed by atoms with van der Waals surface area (Å²) in [6, 6.07) is 0.910. The standard InChI is InChI=1S/C17H32N2/c18-13-17(10-4-1-5-11-17)14-19-12-6-9-16(19)15-7-2-3-8-15/h15-16H,1-14,18H2. The molecule has 3 aliphatic rings. The molecule has 1 heterocycles. The van der Waals surface area contributed by atoms with Crippen molar-refractivity contribution in [3.8, 4) is 0 Å². The predicted octanol–water partition coefficient (Wildman–Crippen LogP) is 3.55. The smallest absolute Gasteiger partial charge is 0.0124 e. The minimum Gasteiger partial charge on any atom is -0.330 e. The number of hydrogen-bond acceptors (Lipinski definition) is 2. The van der Waals surface area contributed by atoms with Gasteiger partial charge < -0.3 is 5.73 Å². The van der Waals surface area contributed by atoms with Crippen LogP contribution in [-0.4, -0.2) is 30.6 Å². The molecule has 2 nitrogen and oxygen atoms in total. The lowest BCUT2D eigenvalue weighted by Gasteiger charge is -2.42. The summed E-state index contributed by atoms with van der Waals surface area (Å²) in [7, 11) is 0. The Bertz CT molecular complexity index is 277. The molecule has 110 valence electrons. The highest BCUT2D eigenvalue weighted by molar-refractivity contribution is 4.93. The van der Waals surface area contributed by atoms with Gasteiger partial charge in [0.1, 0.15) is 0 Å². The third kappa shape index (κ3) is 3.00. The van der Waals surface area contributed by atoms with Crippen molar-refractivity contribution >= 4 is 0 Å². The third-order valence-electron chi connectivity index (χ3n) is 6.24. The first-order valence-electron chi connectivity index (χ1n) is 8.77. The number of rotatable bonds is 4. The lowest BCUT2D eigenvalue weighted by Crippen LogP contribution is -2.47. The molecule has 0 aromatic heterocycles. The van der Waals surface area contributed by atoms with E-state index in [4.69, 9.17) is 5.73 Å². The molecule has 19 heavy (non-hydrogen) atoms. The van der Waals surface area contributed by atoms with Gasteiger partial charge in [0, 0.05) is 12.6 Å². The fraction of sp³-hybridized carbons (Fsp3) is 1.00. The number of nitrogens with two attached hydrogens (primary N) is 1. The molecule has 0 radical (unpaired) electrons. The normalized spacial score (nSPS) is 33.0. The number of hydrogen-bond donors (Lipinski definition) is 1. The second kappa shape index (κ2) is 6.13. The Balaban J connectivity index is 1.63. The van der Waals surface area contributed by atoms with Crippen molar-refractivity contribution in [2.24, 2.45) is 17.1 Å². The van der Waals surface area contributed by atoms with Crippen LogP contribution in [0.5, 0.6) is 0 Å². The van der Waals surface area contributed by atoms with Crippen molar-refractivity contribution in [1.82, 2.24) is 4.90 Å². The van der Waals surface area contributed by atoms with Crippen LogP contribution in [0.3, 0.4) is 0 Å². The van der Waals surface area contributed by atoms with Gasteiger partial charge in [-0.3, -0.25) is 4.90 Å². The largest absolute Gasteiger partial charge is 0.330 e. The highest BCUT2D eigenvalue weighted by Gasteiger charge is 2.39. The highest BCUT2D eigenvalue weighted by Crippen LogP contribution is 2.40. The molecule has 0 spiro atoms. The van der Waals surface area contributed by atoms with E-state index in [9.17, 15) is 0 Å². The molecule has 2 aliphatic carbocycles. The molecule has 0 aromatic carbocycles. The Labute approximate surface area is 119 Å². The van der Waals surface area contributed by atoms with Gasteiger partial charge in [-0.25, -0.2) is 0 Å². The number of nitrogens with zero attached hydrogens (tertiary/aromatic N) is 1. The van der Waals surface area contributed by atoms with E-state index in [0.29, 0.717) is 5.41 Å². The van der Waals surface area contributed by atoms with Gasteiger partial charge >= 0.3 is 0 Å². The second-order valence-electron chi connectivity index (χ2n) is 7.49. The molecule has 1 saturated heterocycles.